The van der Waals surface area contributed by atoms with Crippen LogP contribution in [0.3, 0.4) is 0 Å². The standard InChI is InChI=1S/C6H7F3N2O/c1-3-4(11-2-10-3)5(12)6(7,8)9/h2,5,12H,1H3,(H,10,11)/t5-/m0/s1. The number of rotatable bonds is 1. The molecule has 0 aromatic carbocycles. The van der Waals surface area contributed by atoms with E-state index in [0.717, 1.165) is 6.33 Å². The Bertz CT molecular complexity index is 268. The number of aromatic nitrogens is 2. The maximum Gasteiger partial charge on any atom is 0.420 e. The number of aromatic amines is 1. The molecule has 6 heteroatoms. The largest absolute Gasteiger partial charge is 0.420 e. The average molecular weight is 180 g/mol. The van der Waals surface area contributed by atoms with Gasteiger partial charge in [-0.3, -0.25) is 0 Å². The molecule has 1 rings (SSSR count). The van der Waals surface area contributed by atoms with Crippen LogP contribution in [0.15, 0.2) is 6.33 Å². The summed E-state index contributed by atoms with van der Waals surface area (Å²) in [4.78, 5) is 5.81. The number of aliphatic hydroxyl groups excluding tert-OH is 1. The summed E-state index contributed by atoms with van der Waals surface area (Å²) < 4.78 is 35.7. The molecular weight excluding hydrogens is 173 g/mol. The van der Waals surface area contributed by atoms with Crippen molar-refractivity contribution in [3.63, 3.8) is 0 Å². The monoisotopic (exact) mass is 180 g/mol. The zero-order valence-electron chi connectivity index (χ0n) is 6.18. The molecule has 2 N–H and O–H groups in total. The van der Waals surface area contributed by atoms with Crippen LogP contribution in [0.25, 0.3) is 0 Å². The first-order valence-corrected chi connectivity index (χ1v) is 3.17. The van der Waals surface area contributed by atoms with Gasteiger partial charge in [-0.1, -0.05) is 0 Å². The minimum Gasteiger partial charge on any atom is -0.378 e. The number of nitrogens with zero attached hydrogens (tertiary/aromatic N) is 1. The molecule has 68 valence electrons. The highest BCUT2D eigenvalue weighted by molar-refractivity contribution is 5.13. The summed E-state index contributed by atoms with van der Waals surface area (Å²) in [6.45, 7) is 1.41. The van der Waals surface area contributed by atoms with Gasteiger partial charge in [0.2, 0.25) is 0 Å². The molecule has 1 aromatic rings. The SMILES string of the molecule is Cc1[nH]cnc1[C@H](O)C(F)(F)F. The van der Waals surface area contributed by atoms with E-state index in [-0.39, 0.29) is 11.4 Å². The molecule has 12 heavy (non-hydrogen) atoms. The summed E-state index contributed by atoms with van der Waals surface area (Å²) >= 11 is 0. The van der Waals surface area contributed by atoms with Crippen LogP contribution in [-0.4, -0.2) is 21.3 Å². The van der Waals surface area contributed by atoms with Crippen molar-refractivity contribution in [2.45, 2.75) is 19.2 Å². The molecule has 0 fully saturated rings. The zero-order valence-corrected chi connectivity index (χ0v) is 6.18. The third kappa shape index (κ3) is 1.58. The van der Waals surface area contributed by atoms with Gasteiger partial charge >= 0.3 is 6.18 Å². The van der Waals surface area contributed by atoms with Crippen molar-refractivity contribution in [1.29, 1.82) is 0 Å². The van der Waals surface area contributed by atoms with Crippen LogP contribution >= 0.6 is 0 Å². The van der Waals surface area contributed by atoms with Gasteiger partial charge in [0.1, 0.15) is 0 Å². The summed E-state index contributed by atoms with van der Waals surface area (Å²) in [6.07, 6.45) is -6.04. The molecule has 1 atom stereocenters. The van der Waals surface area contributed by atoms with Gasteiger partial charge in [0.15, 0.2) is 6.10 Å². The fourth-order valence-electron chi connectivity index (χ4n) is 0.800. The number of aliphatic hydroxyl groups is 1. The molecule has 0 unspecified atom stereocenters. The average Bonchev–Trinajstić information content (AvgIpc) is 2.31. The second kappa shape index (κ2) is 2.78. The normalized spacial score (nSPS) is 14.8. The molecule has 1 heterocycles. The van der Waals surface area contributed by atoms with Crippen molar-refractivity contribution in [3.8, 4) is 0 Å². The molecule has 1 aromatic heterocycles. The molecule has 3 nitrogen and oxygen atoms in total. The number of aryl methyl sites for hydroxylation is 1. The summed E-state index contributed by atoms with van der Waals surface area (Å²) in [6, 6.07) is 0. The van der Waals surface area contributed by atoms with Crippen molar-refractivity contribution in [3.05, 3.63) is 17.7 Å². The van der Waals surface area contributed by atoms with E-state index >= 15 is 0 Å². The van der Waals surface area contributed by atoms with E-state index in [4.69, 9.17) is 5.11 Å². The lowest BCUT2D eigenvalue weighted by molar-refractivity contribution is -0.208. The smallest absolute Gasteiger partial charge is 0.378 e. The summed E-state index contributed by atoms with van der Waals surface area (Å²) in [7, 11) is 0. The first kappa shape index (κ1) is 9.05. The lowest BCUT2D eigenvalue weighted by Gasteiger charge is -2.12. The Hall–Kier alpha value is -1.04. The Morgan fingerprint density at radius 3 is 2.50 bits per heavy atom. The molecule has 0 aliphatic carbocycles. The number of halogens is 3. The van der Waals surface area contributed by atoms with Gasteiger partial charge in [0.05, 0.1) is 12.0 Å². The fraction of sp³-hybridized carbons (Fsp3) is 0.500. The number of H-pyrrole nitrogens is 1. The van der Waals surface area contributed by atoms with Crippen LogP contribution in [0.5, 0.6) is 0 Å². The number of hydrogen-bond donors (Lipinski definition) is 2. The van der Waals surface area contributed by atoms with E-state index in [1.54, 1.807) is 0 Å². The minimum atomic E-state index is -4.65. The summed E-state index contributed by atoms with van der Waals surface area (Å²) in [5, 5.41) is 8.72. The van der Waals surface area contributed by atoms with Crippen molar-refractivity contribution in [2.75, 3.05) is 0 Å². The van der Waals surface area contributed by atoms with Crippen LogP contribution in [-0.2, 0) is 0 Å². The third-order valence-electron chi connectivity index (χ3n) is 1.44. The predicted molar refractivity (Wildman–Crippen MR) is 34.3 cm³/mol. The maximum absolute atomic E-state index is 11.9. The van der Waals surface area contributed by atoms with Crippen LogP contribution in [0.2, 0.25) is 0 Å². The molecule has 0 saturated carbocycles. The Kier molecular flexibility index (Phi) is 2.10. The summed E-state index contributed by atoms with van der Waals surface area (Å²) in [5.74, 6) is 0. The van der Waals surface area contributed by atoms with Gasteiger partial charge in [-0.15, -0.1) is 0 Å². The molecular formula is C6H7F3N2O. The predicted octanol–water partition coefficient (Wildman–Crippen LogP) is 1.31. The highest BCUT2D eigenvalue weighted by Gasteiger charge is 2.41. The van der Waals surface area contributed by atoms with E-state index < -0.39 is 12.3 Å². The van der Waals surface area contributed by atoms with Crippen LogP contribution in [0.1, 0.15) is 17.5 Å². The molecule has 0 aliphatic heterocycles. The van der Waals surface area contributed by atoms with E-state index in [1.807, 2.05) is 0 Å². The van der Waals surface area contributed by atoms with E-state index in [2.05, 4.69) is 9.97 Å². The van der Waals surface area contributed by atoms with Gasteiger partial charge in [-0.05, 0) is 6.92 Å². The van der Waals surface area contributed by atoms with Gasteiger partial charge < -0.3 is 10.1 Å². The highest BCUT2D eigenvalue weighted by Crippen LogP contribution is 2.32. The molecule has 0 amide bonds. The number of alkyl halides is 3. The molecule has 0 spiro atoms. The third-order valence-corrected chi connectivity index (χ3v) is 1.44. The van der Waals surface area contributed by atoms with Crippen LogP contribution in [0, 0.1) is 6.92 Å². The van der Waals surface area contributed by atoms with Crippen LogP contribution in [0.4, 0.5) is 13.2 Å². The molecule has 0 aliphatic rings. The van der Waals surface area contributed by atoms with Gasteiger partial charge in [0, 0.05) is 5.69 Å². The van der Waals surface area contributed by atoms with E-state index in [1.165, 1.54) is 6.92 Å². The van der Waals surface area contributed by atoms with Gasteiger partial charge in [-0.2, -0.15) is 13.2 Å². The van der Waals surface area contributed by atoms with Gasteiger partial charge in [0.25, 0.3) is 0 Å². The quantitative estimate of drug-likeness (QED) is 0.684. The van der Waals surface area contributed by atoms with Crippen molar-refractivity contribution >= 4 is 0 Å². The first-order chi connectivity index (χ1) is 5.43. The maximum atomic E-state index is 11.9. The Morgan fingerprint density at radius 1 is 1.58 bits per heavy atom. The number of nitrogens with one attached hydrogen (secondary N) is 1. The van der Waals surface area contributed by atoms with Crippen molar-refractivity contribution in [1.82, 2.24) is 9.97 Å². The Morgan fingerprint density at radius 2 is 2.17 bits per heavy atom. The van der Waals surface area contributed by atoms with E-state index in [0.29, 0.717) is 0 Å². The molecule has 0 saturated heterocycles. The lowest BCUT2D eigenvalue weighted by Crippen LogP contribution is -2.21. The molecule has 0 radical (unpaired) electrons. The Balaban J connectivity index is 2.92. The lowest BCUT2D eigenvalue weighted by atomic mass is 10.2. The number of hydrogen-bond acceptors (Lipinski definition) is 2. The van der Waals surface area contributed by atoms with Crippen molar-refractivity contribution < 1.29 is 18.3 Å². The van der Waals surface area contributed by atoms with Crippen molar-refractivity contribution in [2.24, 2.45) is 0 Å². The number of imidazole rings is 1. The minimum absolute atomic E-state index is 0.222. The second-order valence-electron chi connectivity index (χ2n) is 2.36. The summed E-state index contributed by atoms with van der Waals surface area (Å²) in [5.41, 5.74) is -0.151. The zero-order chi connectivity index (χ0) is 9.35. The first-order valence-electron chi connectivity index (χ1n) is 3.17. The topological polar surface area (TPSA) is 48.9 Å². The second-order valence-corrected chi connectivity index (χ2v) is 2.36. The van der Waals surface area contributed by atoms with E-state index in [9.17, 15) is 13.2 Å². The van der Waals surface area contributed by atoms with Gasteiger partial charge in [-0.25, -0.2) is 4.98 Å². The van der Waals surface area contributed by atoms with Crippen LogP contribution < -0.4 is 0 Å². The highest BCUT2D eigenvalue weighted by atomic mass is 19.4. The fourth-order valence-corrected chi connectivity index (χ4v) is 0.800. The Labute approximate surface area is 66.2 Å². The molecule has 0 bridgehead atoms.